The summed E-state index contributed by atoms with van der Waals surface area (Å²) in [4.78, 5) is 2.16. The van der Waals surface area contributed by atoms with E-state index in [0.717, 1.165) is 32.6 Å². The monoisotopic (exact) mass is 268 g/mol. The number of rotatable bonds is 5. The van der Waals surface area contributed by atoms with E-state index in [1.165, 1.54) is 24.6 Å². The van der Waals surface area contributed by atoms with Gasteiger partial charge in [0.25, 0.3) is 0 Å². The predicted molar refractivity (Wildman–Crippen MR) is 72.9 cm³/mol. The molecule has 0 saturated carbocycles. The molecule has 2 nitrogen and oxygen atoms in total. The molecule has 1 aliphatic rings. The van der Waals surface area contributed by atoms with Crippen LogP contribution in [0.5, 0.6) is 0 Å². The molecule has 4 heteroatoms. The minimum absolute atomic E-state index is 0.201. The van der Waals surface area contributed by atoms with Gasteiger partial charge in [0.15, 0.2) is 0 Å². The zero-order valence-electron chi connectivity index (χ0n) is 11.5. The van der Waals surface area contributed by atoms with Gasteiger partial charge in [-0.3, -0.25) is 4.90 Å². The van der Waals surface area contributed by atoms with E-state index in [2.05, 4.69) is 17.1 Å². The number of nitrogens with zero attached hydrogens (tertiary/aromatic N) is 1. The Morgan fingerprint density at radius 3 is 2.74 bits per heavy atom. The van der Waals surface area contributed by atoms with E-state index in [4.69, 9.17) is 0 Å². The number of likely N-dealkylation sites (tertiary alicyclic amines) is 1. The third-order valence-electron chi connectivity index (χ3n) is 3.73. The summed E-state index contributed by atoms with van der Waals surface area (Å²) < 4.78 is 27.3. The Labute approximate surface area is 113 Å². The summed E-state index contributed by atoms with van der Waals surface area (Å²) in [5, 5.41) is 3.35. The lowest BCUT2D eigenvalue weighted by Gasteiger charge is -2.33. The van der Waals surface area contributed by atoms with Gasteiger partial charge in [0.2, 0.25) is 0 Å². The van der Waals surface area contributed by atoms with Crippen molar-refractivity contribution in [3.8, 4) is 0 Å². The van der Waals surface area contributed by atoms with Crippen molar-refractivity contribution >= 4 is 0 Å². The first kappa shape index (κ1) is 14.4. The van der Waals surface area contributed by atoms with Crippen LogP contribution in [0, 0.1) is 17.6 Å². The second-order valence-electron chi connectivity index (χ2n) is 5.25. The lowest BCUT2D eigenvalue weighted by molar-refractivity contribution is 0.162. The van der Waals surface area contributed by atoms with Crippen LogP contribution in [-0.4, -0.2) is 31.1 Å². The predicted octanol–water partition coefficient (Wildman–Crippen LogP) is 2.79. The number of nitrogens with one attached hydrogen (secondary N) is 1. The first-order chi connectivity index (χ1) is 9.20. The summed E-state index contributed by atoms with van der Waals surface area (Å²) in [6.45, 7) is 6.28. The van der Waals surface area contributed by atoms with Gasteiger partial charge in [-0.05, 0) is 50.5 Å². The molecule has 1 fully saturated rings. The molecule has 2 rings (SSSR count). The van der Waals surface area contributed by atoms with Gasteiger partial charge in [0.1, 0.15) is 11.6 Å². The molecular formula is C15H22F2N2. The number of halogens is 2. The molecule has 0 bridgehead atoms. The summed E-state index contributed by atoms with van der Waals surface area (Å²) >= 11 is 0. The van der Waals surface area contributed by atoms with Gasteiger partial charge in [0, 0.05) is 18.7 Å². The lowest BCUT2D eigenvalue weighted by Crippen LogP contribution is -2.39. The number of piperidine rings is 1. The largest absolute Gasteiger partial charge is 0.317 e. The molecule has 1 atom stereocenters. The van der Waals surface area contributed by atoms with Crippen molar-refractivity contribution in [2.24, 2.45) is 5.92 Å². The zero-order valence-corrected chi connectivity index (χ0v) is 11.5. The maximum absolute atomic E-state index is 13.6. The minimum Gasteiger partial charge on any atom is -0.317 e. The van der Waals surface area contributed by atoms with Crippen LogP contribution in [0.4, 0.5) is 8.78 Å². The molecule has 1 saturated heterocycles. The van der Waals surface area contributed by atoms with Crippen LogP contribution >= 0.6 is 0 Å². The van der Waals surface area contributed by atoms with Crippen LogP contribution in [0.3, 0.4) is 0 Å². The van der Waals surface area contributed by atoms with Gasteiger partial charge in [-0.25, -0.2) is 8.78 Å². The topological polar surface area (TPSA) is 15.3 Å². The van der Waals surface area contributed by atoms with Gasteiger partial charge in [0.05, 0.1) is 0 Å². The van der Waals surface area contributed by atoms with Crippen molar-refractivity contribution in [3.63, 3.8) is 0 Å². The Balaban J connectivity index is 1.95. The zero-order chi connectivity index (χ0) is 13.7. The Morgan fingerprint density at radius 2 is 2.05 bits per heavy atom. The van der Waals surface area contributed by atoms with Gasteiger partial charge < -0.3 is 5.32 Å². The summed E-state index contributed by atoms with van der Waals surface area (Å²) in [5.74, 6) is -0.286. The number of benzene rings is 1. The Morgan fingerprint density at radius 1 is 1.32 bits per heavy atom. The highest BCUT2D eigenvalue weighted by molar-refractivity contribution is 5.19. The molecule has 1 heterocycles. The van der Waals surface area contributed by atoms with Gasteiger partial charge in [-0.1, -0.05) is 13.0 Å². The van der Waals surface area contributed by atoms with Crippen molar-refractivity contribution in [1.29, 1.82) is 0 Å². The molecule has 0 amide bonds. The van der Waals surface area contributed by atoms with Crippen LogP contribution < -0.4 is 5.32 Å². The van der Waals surface area contributed by atoms with Crippen LogP contribution in [0.2, 0.25) is 0 Å². The molecule has 0 aromatic heterocycles. The molecule has 0 spiro atoms. The van der Waals surface area contributed by atoms with Crippen molar-refractivity contribution in [3.05, 3.63) is 35.4 Å². The molecule has 1 aliphatic heterocycles. The van der Waals surface area contributed by atoms with Crippen LogP contribution in [0.1, 0.15) is 25.3 Å². The van der Waals surface area contributed by atoms with Crippen molar-refractivity contribution in [2.45, 2.75) is 26.3 Å². The molecule has 1 unspecified atom stereocenters. The first-order valence-electron chi connectivity index (χ1n) is 7.06. The quantitative estimate of drug-likeness (QED) is 0.883. The Kier molecular flexibility index (Phi) is 5.28. The Bertz CT molecular complexity index is 389. The van der Waals surface area contributed by atoms with Crippen molar-refractivity contribution in [1.82, 2.24) is 10.2 Å². The molecule has 106 valence electrons. The highest BCUT2D eigenvalue weighted by Crippen LogP contribution is 2.20. The van der Waals surface area contributed by atoms with E-state index in [1.54, 1.807) is 0 Å². The fourth-order valence-electron chi connectivity index (χ4n) is 2.72. The molecule has 1 aromatic carbocycles. The van der Waals surface area contributed by atoms with Gasteiger partial charge in [-0.2, -0.15) is 0 Å². The second kappa shape index (κ2) is 6.96. The standard InChI is InChI=1S/C15H22F2N2/c1-2-18-9-12-5-4-8-19(10-12)11-13-14(16)6-3-7-15(13)17/h3,6-7,12,18H,2,4-5,8-11H2,1H3. The van der Waals surface area contributed by atoms with E-state index in [1.807, 2.05) is 0 Å². The Hall–Kier alpha value is -1.00. The van der Waals surface area contributed by atoms with Crippen LogP contribution in [0.25, 0.3) is 0 Å². The fraction of sp³-hybridized carbons (Fsp3) is 0.600. The fourth-order valence-corrected chi connectivity index (χ4v) is 2.72. The van der Waals surface area contributed by atoms with Gasteiger partial charge >= 0.3 is 0 Å². The molecular weight excluding hydrogens is 246 g/mol. The molecule has 1 aromatic rings. The normalized spacial score (nSPS) is 20.7. The highest BCUT2D eigenvalue weighted by atomic mass is 19.1. The molecule has 0 radical (unpaired) electrons. The molecule has 19 heavy (non-hydrogen) atoms. The average Bonchev–Trinajstić information content (AvgIpc) is 2.41. The van der Waals surface area contributed by atoms with E-state index in [9.17, 15) is 8.78 Å². The molecule has 0 aliphatic carbocycles. The number of hydrogen-bond donors (Lipinski definition) is 1. The van der Waals surface area contributed by atoms with Gasteiger partial charge in [-0.15, -0.1) is 0 Å². The van der Waals surface area contributed by atoms with Crippen molar-refractivity contribution in [2.75, 3.05) is 26.2 Å². The van der Waals surface area contributed by atoms with Crippen LogP contribution in [0.15, 0.2) is 18.2 Å². The third-order valence-corrected chi connectivity index (χ3v) is 3.73. The molecule has 1 N–H and O–H groups in total. The first-order valence-corrected chi connectivity index (χ1v) is 7.06. The van der Waals surface area contributed by atoms with Crippen molar-refractivity contribution < 1.29 is 8.78 Å². The third kappa shape index (κ3) is 3.98. The maximum atomic E-state index is 13.6. The average molecular weight is 268 g/mol. The summed E-state index contributed by atoms with van der Waals surface area (Å²) in [7, 11) is 0. The summed E-state index contributed by atoms with van der Waals surface area (Å²) in [6, 6.07) is 4.08. The van der Waals surface area contributed by atoms with E-state index >= 15 is 0 Å². The summed E-state index contributed by atoms with van der Waals surface area (Å²) in [6.07, 6.45) is 2.30. The maximum Gasteiger partial charge on any atom is 0.130 e. The van der Waals surface area contributed by atoms with E-state index in [0.29, 0.717) is 12.5 Å². The minimum atomic E-state index is -0.436. The second-order valence-corrected chi connectivity index (χ2v) is 5.25. The van der Waals surface area contributed by atoms with E-state index in [-0.39, 0.29) is 5.56 Å². The highest BCUT2D eigenvalue weighted by Gasteiger charge is 2.21. The smallest absolute Gasteiger partial charge is 0.130 e. The summed E-state index contributed by atoms with van der Waals surface area (Å²) in [5.41, 5.74) is 0.201. The van der Waals surface area contributed by atoms with E-state index < -0.39 is 11.6 Å². The number of hydrogen-bond acceptors (Lipinski definition) is 2. The van der Waals surface area contributed by atoms with Crippen LogP contribution in [-0.2, 0) is 6.54 Å². The lowest BCUT2D eigenvalue weighted by atomic mass is 9.97. The SMILES string of the molecule is CCNCC1CCCN(Cc2c(F)cccc2F)C1.